The molecule has 0 saturated heterocycles. The molecule has 0 N–H and O–H groups in total. The molecule has 0 bridgehead atoms. The zero-order valence-electron chi connectivity index (χ0n) is 17.8. The van der Waals surface area contributed by atoms with Gasteiger partial charge in [-0.15, -0.1) is 0 Å². The van der Waals surface area contributed by atoms with Crippen LogP contribution in [0.15, 0.2) is 85.1 Å². The average molecular weight is 427 g/mol. The Balaban J connectivity index is 1.49. The second-order valence-electron chi connectivity index (χ2n) is 7.86. The number of halogens is 2. The molecular weight excluding hydrogens is 404 g/mol. The van der Waals surface area contributed by atoms with Gasteiger partial charge in [0, 0.05) is 18.3 Å². The summed E-state index contributed by atoms with van der Waals surface area (Å²) < 4.78 is 27.8. The van der Waals surface area contributed by atoms with Crippen LogP contribution in [0.3, 0.4) is 0 Å². The Morgan fingerprint density at radius 1 is 0.812 bits per heavy atom. The zero-order valence-corrected chi connectivity index (χ0v) is 17.8. The molecule has 2 nitrogen and oxygen atoms in total. The molecule has 1 aromatic heterocycles. The zero-order chi connectivity index (χ0) is 22.5. The third kappa shape index (κ3) is 4.97. The van der Waals surface area contributed by atoms with Crippen molar-refractivity contribution >= 4 is 5.78 Å². The number of carbonyl (C=O) groups is 1. The fraction of sp³-hybridized carbons (Fsp3) is 0.143. The fourth-order valence-electron chi connectivity index (χ4n) is 3.79. The highest BCUT2D eigenvalue weighted by Crippen LogP contribution is 2.26. The highest BCUT2D eigenvalue weighted by Gasteiger charge is 2.17. The molecule has 0 saturated carbocycles. The molecule has 4 aromatic rings. The smallest absolute Gasteiger partial charge is 0.173 e. The number of hydrogen-bond acceptors (Lipinski definition) is 2. The Morgan fingerprint density at radius 2 is 1.53 bits per heavy atom. The van der Waals surface area contributed by atoms with Gasteiger partial charge in [0.2, 0.25) is 0 Å². The molecule has 32 heavy (non-hydrogen) atoms. The van der Waals surface area contributed by atoms with Crippen LogP contribution >= 0.6 is 0 Å². The van der Waals surface area contributed by atoms with Crippen molar-refractivity contribution in [2.45, 2.75) is 26.2 Å². The number of carbonyl (C=O) groups excluding carboxylic acids is 1. The molecule has 0 fully saturated rings. The van der Waals surface area contributed by atoms with Gasteiger partial charge in [-0.25, -0.2) is 8.78 Å². The van der Waals surface area contributed by atoms with Crippen LogP contribution in [-0.4, -0.2) is 10.8 Å². The number of aryl methyl sites for hydroxylation is 3. The van der Waals surface area contributed by atoms with Gasteiger partial charge in [0.25, 0.3) is 0 Å². The highest BCUT2D eigenvalue weighted by molar-refractivity contribution is 5.98. The number of hydrogen-bond donors (Lipinski definition) is 0. The molecule has 0 unspecified atom stereocenters. The van der Waals surface area contributed by atoms with Crippen molar-refractivity contribution in [3.8, 4) is 11.1 Å². The first-order chi connectivity index (χ1) is 15.5. The first-order valence-electron chi connectivity index (χ1n) is 10.6. The van der Waals surface area contributed by atoms with E-state index in [0.29, 0.717) is 5.56 Å². The van der Waals surface area contributed by atoms with Crippen molar-refractivity contribution in [3.63, 3.8) is 0 Å². The van der Waals surface area contributed by atoms with Crippen LogP contribution < -0.4 is 0 Å². The summed E-state index contributed by atoms with van der Waals surface area (Å²) in [5, 5.41) is 0. The Labute approximate surface area is 186 Å². The van der Waals surface area contributed by atoms with Gasteiger partial charge < -0.3 is 0 Å². The molecule has 4 rings (SSSR count). The second-order valence-corrected chi connectivity index (χ2v) is 7.86. The molecule has 4 heteroatoms. The Bertz CT molecular complexity index is 1210. The van der Waals surface area contributed by atoms with Crippen molar-refractivity contribution in [2.24, 2.45) is 0 Å². The number of Topliss-reactive ketones (excluding diaryl/α,β-unsaturated/α-hetero) is 1. The fourth-order valence-corrected chi connectivity index (χ4v) is 3.79. The summed E-state index contributed by atoms with van der Waals surface area (Å²) in [6, 6.07) is 23.4. The average Bonchev–Trinajstić information content (AvgIpc) is 2.80. The minimum atomic E-state index is -0.829. The van der Waals surface area contributed by atoms with E-state index in [-0.39, 0.29) is 6.42 Å². The van der Waals surface area contributed by atoms with Crippen LogP contribution in [0.4, 0.5) is 8.78 Å². The molecule has 160 valence electrons. The lowest BCUT2D eigenvalue weighted by Crippen LogP contribution is -2.09. The van der Waals surface area contributed by atoms with Gasteiger partial charge in [0.15, 0.2) is 5.78 Å². The lowest BCUT2D eigenvalue weighted by molar-refractivity contribution is 0.0985. The van der Waals surface area contributed by atoms with Crippen LogP contribution in [0.5, 0.6) is 0 Å². The quantitative estimate of drug-likeness (QED) is 0.313. The molecule has 0 aliphatic carbocycles. The van der Waals surface area contributed by atoms with Crippen molar-refractivity contribution in [1.82, 2.24) is 4.98 Å². The maximum Gasteiger partial charge on any atom is 0.173 e. The summed E-state index contributed by atoms with van der Waals surface area (Å²) in [6.45, 7) is 2.07. The summed E-state index contributed by atoms with van der Waals surface area (Å²) in [5.74, 6) is -2.23. The van der Waals surface area contributed by atoms with Gasteiger partial charge in [-0.2, -0.15) is 0 Å². The van der Waals surface area contributed by atoms with E-state index < -0.39 is 23.0 Å². The first kappa shape index (κ1) is 21.6. The van der Waals surface area contributed by atoms with Crippen molar-refractivity contribution in [3.05, 3.63) is 125 Å². The molecule has 0 amide bonds. The number of ketones is 1. The lowest BCUT2D eigenvalue weighted by Gasteiger charge is -2.11. The van der Waals surface area contributed by atoms with Crippen LogP contribution in [0.25, 0.3) is 11.1 Å². The van der Waals surface area contributed by atoms with Crippen molar-refractivity contribution in [2.75, 3.05) is 0 Å². The number of nitrogens with zero attached hydrogens (tertiary/aromatic N) is 1. The van der Waals surface area contributed by atoms with E-state index in [9.17, 15) is 13.6 Å². The van der Waals surface area contributed by atoms with Gasteiger partial charge in [-0.05, 0) is 71.8 Å². The van der Waals surface area contributed by atoms with E-state index in [1.165, 1.54) is 11.6 Å². The van der Waals surface area contributed by atoms with Crippen LogP contribution in [0, 0.1) is 18.6 Å². The highest BCUT2D eigenvalue weighted by atomic mass is 19.1. The SMILES string of the molecule is Cc1ccc(CCc2ccccn2)cc1-c1ccc(CC(=O)c2c(F)cccc2F)cc1. The number of benzene rings is 3. The monoisotopic (exact) mass is 427 g/mol. The van der Waals surface area contributed by atoms with Gasteiger partial charge >= 0.3 is 0 Å². The maximum atomic E-state index is 13.9. The third-order valence-corrected chi connectivity index (χ3v) is 5.57. The van der Waals surface area contributed by atoms with Gasteiger partial charge in [-0.1, -0.05) is 54.6 Å². The Morgan fingerprint density at radius 3 is 2.22 bits per heavy atom. The van der Waals surface area contributed by atoms with E-state index in [1.807, 2.05) is 48.7 Å². The van der Waals surface area contributed by atoms with Crippen LogP contribution in [0.2, 0.25) is 0 Å². The Hall–Kier alpha value is -3.66. The summed E-state index contributed by atoms with van der Waals surface area (Å²) >= 11 is 0. The molecule has 0 aliphatic heterocycles. The Kier molecular flexibility index (Phi) is 6.50. The molecule has 0 radical (unpaired) electrons. The molecule has 0 atom stereocenters. The van der Waals surface area contributed by atoms with Crippen LogP contribution in [-0.2, 0) is 19.3 Å². The molecular formula is C28H23F2NO. The minimum absolute atomic E-state index is 0.0543. The molecule has 3 aromatic carbocycles. The standard InChI is InChI=1S/C28H23F2NO/c1-19-8-9-20(12-15-23-5-2-3-16-31-23)17-24(19)22-13-10-21(11-14-22)18-27(32)28-25(29)6-4-7-26(28)30/h2-11,13-14,16-17H,12,15,18H2,1H3. The van der Waals surface area contributed by atoms with Gasteiger partial charge in [0.05, 0.1) is 5.56 Å². The van der Waals surface area contributed by atoms with Crippen molar-refractivity contribution < 1.29 is 13.6 Å². The minimum Gasteiger partial charge on any atom is -0.294 e. The summed E-state index contributed by atoms with van der Waals surface area (Å²) in [5.41, 5.74) is 5.85. The molecule has 0 spiro atoms. The van der Waals surface area contributed by atoms with Gasteiger partial charge in [0.1, 0.15) is 11.6 Å². The van der Waals surface area contributed by atoms with E-state index in [4.69, 9.17) is 0 Å². The molecule has 0 aliphatic rings. The maximum absolute atomic E-state index is 13.9. The van der Waals surface area contributed by atoms with Gasteiger partial charge in [-0.3, -0.25) is 9.78 Å². The summed E-state index contributed by atoms with van der Waals surface area (Å²) in [4.78, 5) is 16.8. The largest absolute Gasteiger partial charge is 0.294 e. The van der Waals surface area contributed by atoms with E-state index in [2.05, 4.69) is 30.1 Å². The number of pyridine rings is 1. The first-order valence-corrected chi connectivity index (χ1v) is 10.6. The molecule has 1 heterocycles. The predicted molar refractivity (Wildman–Crippen MR) is 123 cm³/mol. The van der Waals surface area contributed by atoms with E-state index >= 15 is 0 Å². The summed E-state index contributed by atoms with van der Waals surface area (Å²) in [7, 11) is 0. The predicted octanol–water partition coefficient (Wildman–Crippen LogP) is 6.55. The van der Waals surface area contributed by atoms with Crippen LogP contribution in [0.1, 0.15) is 32.7 Å². The lowest BCUT2D eigenvalue weighted by atomic mass is 9.94. The van der Waals surface area contributed by atoms with Crippen molar-refractivity contribution in [1.29, 1.82) is 0 Å². The number of aromatic nitrogens is 1. The van der Waals surface area contributed by atoms with E-state index in [0.717, 1.165) is 47.4 Å². The topological polar surface area (TPSA) is 30.0 Å². The third-order valence-electron chi connectivity index (χ3n) is 5.57. The summed E-state index contributed by atoms with van der Waals surface area (Å²) in [6.07, 6.45) is 3.52. The normalized spacial score (nSPS) is 10.8. The number of rotatable bonds is 7. The second kappa shape index (κ2) is 9.65. The van der Waals surface area contributed by atoms with E-state index in [1.54, 1.807) is 0 Å².